The van der Waals surface area contributed by atoms with E-state index < -0.39 is 0 Å². The zero-order chi connectivity index (χ0) is 15.1. The molecule has 1 aliphatic heterocycles. The fraction of sp³-hybridized carbons (Fsp3) is 0.118. The molecule has 3 N–H and O–H groups in total. The van der Waals surface area contributed by atoms with Gasteiger partial charge in [0, 0.05) is 29.5 Å². The number of pyridine rings is 2. The van der Waals surface area contributed by atoms with Crippen molar-refractivity contribution < 1.29 is 4.79 Å². The van der Waals surface area contributed by atoms with Gasteiger partial charge in [0.1, 0.15) is 11.6 Å². The topological polar surface area (TPSA) is 80.9 Å². The van der Waals surface area contributed by atoms with Crippen LogP contribution in [0, 0.1) is 0 Å². The molecule has 4 rings (SSSR count). The lowest BCUT2D eigenvalue weighted by Gasteiger charge is -2.26. The molecule has 22 heavy (non-hydrogen) atoms. The number of nitrogens with zero attached hydrogens (tertiary/aromatic N) is 2. The molecule has 0 saturated heterocycles. The number of nitrogens with two attached hydrogens (primary N) is 1. The Morgan fingerprint density at radius 3 is 2.91 bits per heavy atom. The minimum absolute atomic E-state index is 0.0373. The molecule has 5 nitrogen and oxygen atoms in total. The highest BCUT2D eigenvalue weighted by molar-refractivity contribution is 5.95. The summed E-state index contributed by atoms with van der Waals surface area (Å²) in [5.41, 5.74) is 8.74. The zero-order valence-electron chi connectivity index (χ0n) is 11.8. The van der Waals surface area contributed by atoms with Crippen LogP contribution < -0.4 is 11.1 Å². The van der Waals surface area contributed by atoms with Gasteiger partial charge in [0.05, 0.1) is 5.52 Å². The lowest BCUT2D eigenvalue weighted by atomic mass is 9.84. The second-order valence-electron chi connectivity index (χ2n) is 5.40. The number of nitrogens with one attached hydrogen (secondary N) is 1. The molecular formula is C17H14N4O. The maximum atomic E-state index is 12.0. The van der Waals surface area contributed by atoms with Crippen LogP contribution in [0.15, 0.2) is 48.7 Å². The summed E-state index contributed by atoms with van der Waals surface area (Å²) in [4.78, 5) is 20.7. The Labute approximate surface area is 127 Å². The van der Waals surface area contributed by atoms with Crippen molar-refractivity contribution in [3.8, 4) is 0 Å². The van der Waals surface area contributed by atoms with Gasteiger partial charge in [-0.1, -0.05) is 24.3 Å². The van der Waals surface area contributed by atoms with Gasteiger partial charge in [0.15, 0.2) is 0 Å². The van der Waals surface area contributed by atoms with Gasteiger partial charge >= 0.3 is 0 Å². The summed E-state index contributed by atoms with van der Waals surface area (Å²) in [5, 5.41) is 3.87. The van der Waals surface area contributed by atoms with Crippen LogP contribution in [0.5, 0.6) is 0 Å². The number of nitrogen functional groups attached to an aromatic ring is 1. The number of fused-ring (bicyclic) bond motifs is 2. The number of carbonyl (C=O) groups excluding carboxylic acids is 1. The molecule has 5 heteroatoms. The molecule has 3 heterocycles. The maximum Gasteiger partial charge on any atom is 0.226 e. The van der Waals surface area contributed by atoms with Gasteiger partial charge in [-0.15, -0.1) is 0 Å². The number of hydrogen-bond donors (Lipinski definition) is 2. The average Bonchev–Trinajstić information content (AvgIpc) is 2.53. The van der Waals surface area contributed by atoms with Crippen molar-refractivity contribution in [2.24, 2.45) is 0 Å². The third-order valence-corrected chi connectivity index (χ3v) is 4.03. The fourth-order valence-corrected chi connectivity index (χ4v) is 3.05. The van der Waals surface area contributed by atoms with Crippen molar-refractivity contribution >= 4 is 28.4 Å². The smallest absolute Gasteiger partial charge is 0.226 e. The first-order valence-corrected chi connectivity index (χ1v) is 7.12. The molecule has 0 fully saturated rings. The van der Waals surface area contributed by atoms with Gasteiger partial charge < -0.3 is 11.1 Å². The summed E-state index contributed by atoms with van der Waals surface area (Å²) in [6, 6.07) is 13.7. The molecule has 0 radical (unpaired) electrons. The third kappa shape index (κ3) is 1.98. The van der Waals surface area contributed by atoms with Crippen LogP contribution in [0.1, 0.15) is 23.5 Å². The van der Waals surface area contributed by atoms with Gasteiger partial charge in [-0.2, -0.15) is 0 Å². The quantitative estimate of drug-likeness (QED) is 0.722. The normalized spacial score (nSPS) is 17.1. The van der Waals surface area contributed by atoms with E-state index in [-0.39, 0.29) is 11.8 Å². The number of anilines is 2. The monoisotopic (exact) mass is 290 g/mol. The lowest BCUT2D eigenvalue weighted by molar-refractivity contribution is -0.116. The first-order chi connectivity index (χ1) is 10.7. The van der Waals surface area contributed by atoms with E-state index >= 15 is 0 Å². The number of benzene rings is 1. The molecule has 0 saturated carbocycles. The van der Waals surface area contributed by atoms with Crippen molar-refractivity contribution in [3.63, 3.8) is 0 Å². The van der Waals surface area contributed by atoms with E-state index in [2.05, 4.69) is 15.3 Å². The second kappa shape index (κ2) is 4.80. The number of amides is 1. The molecule has 1 aromatic carbocycles. The van der Waals surface area contributed by atoms with E-state index in [9.17, 15) is 4.79 Å². The van der Waals surface area contributed by atoms with Gasteiger partial charge in [-0.3, -0.25) is 9.78 Å². The Balaban J connectivity index is 1.94. The average molecular weight is 290 g/mol. The van der Waals surface area contributed by atoms with Crippen LogP contribution in [-0.4, -0.2) is 15.9 Å². The third-order valence-electron chi connectivity index (χ3n) is 4.03. The highest BCUT2D eigenvalue weighted by Gasteiger charge is 2.28. The first-order valence-electron chi connectivity index (χ1n) is 7.12. The maximum absolute atomic E-state index is 12.0. The molecule has 0 unspecified atom stereocenters. The Morgan fingerprint density at radius 2 is 2.00 bits per heavy atom. The molecule has 0 bridgehead atoms. The predicted octanol–water partition coefficient (Wildman–Crippen LogP) is 2.69. The standard InChI is InChI=1S/C17H14N4O/c18-15-7-6-12-13(9-16(22)21-17(12)20-15)10-3-1-5-14-11(10)4-2-8-19-14/h1-8,13H,9H2,(H3,18,20,21,22)/t13-/m0/s1. The van der Waals surface area contributed by atoms with Gasteiger partial charge in [0.2, 0.25) is 5.91 Å². The lowest BCUT2D eigenvalue weighted by Crippen LogP contribution is -2.24. The Kier molecular flexibility index (Phi) is 2.79. The summed E-state index contributed by atoms with van der Waals surface area (Å²) in [7, 11) is 0. The molecule has 1 atom stereocenters. The highest BCUT2D eigenvalue weighted by atomic mass is 16.1. The Bertz CT molecular complexity index is 885. The molecule has 1 amide bonds. The van der Waals surface area contributed by atoms with E-state index in [4.69, 9.17) is 5.73 Å². The van der Waals surface area contributed by atoms with E-state index in [1.165, 1.54) is 0 Å². The molecule has 0 aliphatic carbocycles. The highest BCUT2D eigenvalue weighted by Crippen LogP contribution is 2.38. The molecule has 108 valence electrons. The van der Waals surface area contributed by atoms with Crippen LogP contribution in [0.3, 0.4) is 0 Å². The fourth-order valence-electron chi connectivity index (χ4n) is 3.05. The minimum atomic E-state index is -0.0449. The number of carbonyl (C=O) groups is 1. The summed E-state index contributed by atoms with van der Waals surface area (Å²) < 4.78 is 0. The van der Waals surface area contributed by atoms with E-state index in [0.717, 1.165) is 22.0 Å². The SMILES string of the molecule is Nc1ccc2c(n1)NC(=O)C[C@H]2c1cccc2ncccc12. The molecule has 1 aliphatic rings. The van der Waals surface area contributed by atoms with E-state index in [1.54, 1.807) is 12.3 Å². The van der Waals surface area contributed by atoms with E-state index in [0.29, 0.717) is 18.1 Å². The number of rotatable bonds is 1. The number of aromatic nitrogens is 2. The van der Waals surface area contributed by atoms with Crippen molar-refractivity contribution in [2.75, 3.05) is 11.1 Å². The van der Waals surface area contributed by atoms with Crippen molar-refractivity contribution in [2.45, 2.75) is 12.3 Å². The predicted molar refractivity (Wildman–Crippen MR) is 85.5 cm³/mol. The van der Waals surface area contributed by atoms with Gasteiger partial charge in [-0.05, 0) is 23.8 Å². The number of hydrogen-bond acceptors (Lipinski definition) is 4. The summed E-state index contributed by atoms with van der Waals surface area (Å²) in [6.07, 6.45) is 2.17. The summed E-state index contributed by atoms with van der Waals surface area (Å²) in [6.45, 7) is 0. The van der Waals surface area contributed by atoms with Crippen molar-refractivity contribution in [1.82, 2.24) is 9.97 Å². The molecule has 3 aromatic rings. The van der Waals surface area contributed by atoms with Crippen LogP contribution in [0.2, 0.25) is 0 Å². The molecular weight excluding hydrogens is 276 g/mol. The zero-order valence-corrected chi connectivity index (χ0v) is 11.8. The van der Waals surface area contributed by atoms with Crippen molar-refractivity contribution in [1.29, 1.82) is 0 Å². The van der Waals surface area contributed by atoms with Crippen LogP contribution in [-0.2, 0) is 4.79 Å². The van der Waals surface area contributed by atoms with Crippen LogP contribution in [0.25, 0.3) is 10.9 Å². The van der Waals surface area contributed by atoms with Gasteiger partial charge in [0.25, 0.3) is 0 Å². The summed E-state index contributed by atoms with van der Waals surface area (Å²) in [5.74, 6) is 0.877. The molecule has 0 spiro atoms. The second-order valence-corrected chi connectivity index (χ2v) is 5.40. The molecule has 2 aromatic heterocycles. The first kappa shape index (κ1) is 12.8. The van der Waals surface area contributed by atoms with Crippen molar-refractivity contribution in [3.05, 3.63) is 59.8 Å². The Hall–Kier alpha value is -2.95. The largest absolute Gasteiger partial charge is 0.384 e. The minimum Gasteiger partial charge on any atom is -0.384 e. The summed E-state index contributed by atoms with van der Waals surface area (Å²) >= 11 is 0. The van der Waals surface area contributed by atoms with Crippen LogP contribution in [0.4, 0.5) is 11.6 Å². The van der Waals surface area contributed by atoms with Crippen LogP contribution >= 0.6 is 0 Å². The Morgan fingerprint density at radius 1 is 1.09 bits per heavy atom. The van der Waals surface area contributed by atoms with E-state index in [1.807, 2.05) is 36.4 Å². The van der Waals surface area contributed by atoms with Gasteiger partial charge in [-0.25, -0.2) is 4.98 Å².